The predicted molar refractivity (Wildman–Crippen MR) is 86.5 cm³/mol. The summed E-state index contributed by atoms with van der Waals surface area (Å²) < 4.78 is 0. The van der Waals surface area contributed by atoms with Crippen LogP contribution in [0.2, 0.25) is 0 Å². The number of aliphatic hydroxyl groups excluding tert-OH is 1. The van der Waals surface area contributed by atoms with Crippen LogP contribution in [-0.4, -0.2) is 5.11 Å². The zero-order chi connectivity index (χ0) is 14.0. The molecule has 0 heterocycles. The van der Waals surface area contributed by atoms with Crippen LogP contribution in [0.3, 0.4) is 0 Å². The lowest BCUT2D eigenvalue weighted by molar-refractivity contribution is 0.474. The van der Waals surface area contributed by atoms with Crippen molar-refractivity contribution in [2.75, 3.05) is 0 Å². The molecule has 0 unspecified atom stereocenters. The van der Waals surface area contributed by atoms with E-state index in [1.807, 2.05) is 18.2 Å². The van der Waals surface area contributed by atoms with Crippen molar-refractivity contribution in [3.05, 3.63) is 36.6 Å². The van der Waals surface area contributed by atoms with Crippen molar-refractivity contribution in [1.29, 1.82) is 0 Å². The van der Waals surface area contributed by atoms with Crippen LogP contribution >= 0.6 is 0 Å². The van der Waals surface area contributed by atoms with Crippen molar-refractivity contribution in [2.45, 2.75) is 77.6 Å². The van der Waals surface area contributed by atoms with Gasteiger partial charge in [-0.2, -0.15) is 0 Å². The highest BCUT2D eigenvalue weighted by molar-refractivity contribution is 5.09. The van der Waals surface area contributed by atoms with Crippen LogP contribution in [0.4, 0.5) is 0 Å². The van der Waals surface area contributed by atoms with E-state index in [4.69, 9.17) is 5.11 Å². The molecule has 0 aliphatic carbocycles. The van der Waals surface area contributed by atoms with Gasteiger partial charge in [0.15, 0.2) is 0 Å². The van der Waals surface area contributed by atoms with Crippen molar-refractivity contribution < 1.29 is 5.11 Å². The van der Waals surface area contributed by atoms with Crippen molar-refractivity contribution in [3.63, 3.8) is 0 Å². The van der Waals surface area contributed by atoms with Gasteiger partial charge in [-0.15, -0.1) is 0 Å². The van der Waals surface area contributed by atoms with E-state index in [2.05, 4.69) is 13.0 Å². The molecule has 0 bridgehead atoms. The summed E-state index contributed by atoms with van der Waals surface area (Å²) in [5.74, 6) is 0. The zero-order valence-corrected chi connectivity index (χ0v) is 12.7. The van der Waals surface area contributed by atoms with Crippen LogP contribution in [0.1, 0.15) is 77.6 Å². The fourth-order valence-corrected chi connectivity index (χ4v) is 2.10. The third-order valence-electron chi connectivity index (χ3n) is 3.28. The van der Waals surface area contributed by atoms with Gasteiger partial charge < -0.3 is 5.11 Å². The first kappa shape index (κ1) is 18.0. The maximum absolute atomic E-state index is 8.41. The quantitative estimate of drug-likeness (QED) is 0.229. The fourth-order valence-electron chi connectivity index (χ4n) is 2.10. The first-order chi connectivity index (χ1) is 9.41. The van der Waals surface area contributed by atoms with E-state index in [0.29, 0.717) is 0 Å². The summed E-state index contributed by atoms with van der Waals surface area (Å²) in [5.41, 5.74) is 0. The Balaban J connectivity index is 3.10. The number of unbranched alkanes of at least 4 members (excludes halogenated alkanes) is 10. The molecular formula is C18H32O. The molecule has 0 saturated heterocycles. The standard InChI is InChI=1S/C18H32O/c1-2-3-4-5-6-7-8-9-10-11-12-13-14-15-16-17-18-19/h13-19H,2-12H2,1H3/b14-13?,16-15+,18-17-. The Morgan fingerprint density at radius 2 is 1.16 bits per heavy atom. The number of hydrogen-bond donors (Lipinski definition) is 1. The molecule has 0 saturated carbocycles. The van der Waals surface area contributed by atoms with Crippen LogP contribution in [-0.2, 0) is 0 Å². The lowest BCUT2D eigenvalue weighted by Crippen LogP contribution is -1.81. The van der Waals surface area contributed by atoms with E-state index in [1.165, 1.54) is 70.6 Å². The predicted octanol–water partition coefficient (Wildman–Crippen LogP) is 6.48. The minimum atomic E-state index is 1.05. The molecule has 0 aliphatic rings. The summed E-state index contributed by atoms with van der Waals surface area (Å²) in [4.78, 5) is 0. The lowest BCUT2D eigenvalue weighted by Gasteiger charge is -2.01. The third kappa shape index (κ3) is 17.0. The summed E-state index contributed by atoms with van der Waals surface area (Å²) in [6.45, 7) is 2.27. The highest BCUT2D eigenvalue weighted by Gasteiger charge is 1.91. The van der Waals surface area contributed by atoms with Crippen LogP contribution in [0.5, 0.6) is 0 Å². The molecule has 0 aromatic rings. The van der Waals surface area contributed by atoms with Gasteiger partial charge in [0.2, 0.25) is 0 Å². The lowest BCUT2D eigenvalue weighted by atomic mass is 10.1. The van der Waals surface area contributed by atoms with Gasteiger partial charge in [-0.3, -0.25) is 0 Å². The maximum atomic E-state index is 8.41. The van der Waals surface area contributed by atoms with Gasteiger partial charge in [0.1, 0.15) is 0 Å². The summed E-state index contributed by atoms with van der Waals surface area (Å²) in [5, 5.41) is 8.41. The summed E-state index contributed by atoms with van der Waals surface area (Å²) >= 11 is 0. The number of aliphatic hydroxyl groups is 1. The first-order valence-electron chi connectivity index (χ1n) is 8.04. The molecule has 0 aliphatic heterocycles. The Kier molecular flexibility index (Phi) is 16.1. The van der Waals surface area contributed by atoms with E-state index in [1.54, 1.807) is 6.08 Å². The molecule has 0 atom stereocenters. The Bertz CT molecular complexity index is 238. The molecule has 0 spiro atoms. The Hall–Kier alpha value is -0.980. The van der Waals surface area contributed by atoms with E-state index >= 15 is 0 Å². The van der Waals surface area contributed by atoms with Crippen LogP contribution in [0.25, 0.3) is 0 Å². The fraction of sp³-hybridized carbons (Fsp3) is 0.667. The smallest absolute Gasteiger partial charge is 0.0791 e. The molecule has 1 nitrogen and oxygen atoms in total. The highest BCUT2D eigenvalue weighted by Crippen LogP contribution is 2.11. The van der Waals surface area contributed by atoms with E-state index in [0.717, 1.165) is 6.26 Å². The molecule has 0 aromatic carbocycles. The van der Waals surface area contributed by atoms with Gasteiger partial charge in [0.25, 0.3) is 0 Å². The Morgan fingerprint density at radius 3 is 1.74 bits per heavy atom. The van der Waals surface area contributed by atoms with E-state index in [9.17, 15) is 0 Å². The molecule has 0 fully saturated rings. The molecule has 110 valence electrons. The van der Waals surface area contributed by atoms with Gasteiger partial charge >= 0.3 is 0 Å². The molecule has 19 heavy (non-hydrogen) atoms. The monoisotopic (exact) mass is 264 g/mol. The second-order valence-electron chi connectivity index (χ2n) is 5.13. The molecule has 1 heteroatoms. The molecule has 0 amide bonds. The second kappa shape index (κ2) is 17.0. The average molecular weight is 264 g/mol. The minimum absolute atomic E-state index is 1.05. The summed E-state index contributed by atoms with van der Waals surface area (Å²) in [6, 6.07) is 0. The van der Waals surface area contributed by atoms with Crippen molar-refractivity contribution in [2.24, 2.45) is 0 Å². The second-order valence-corrected chi connectivity index (χ2v) is 5.13. The van der Waals surface area contributed by atoms with Gasteiger partial charge in [-0.05, 0) is 18.9 Å². The molecule has 0 aromatic heterocycles. The van der Waals surface area contributed by atoms with Crippen LogP contribution in [0.15, 0.2) is 36.6 Å². The summed E-state index contributed by atoms with van der Waals surface area (Å²) in [6.07, 6.45) is 25.8. The number of rotatable bonds is 13. The molecule has 0 radical (unpaired) electrons. The van der Waals surface area contributed by atoms with E-state index < -0.39 is 0 Å². The van der Waals surface area contributed by atoms with Gasteiger partial charge in [0, 0.05) is 0 Å². The third-order valence-corrected chi connectivity index (χ3v) is 3.28. The van der Waals surface area contributed by atoms with E-state index in [-0.39, 0.29) is 0 Å². The normalized spacial score (nSPS) is 12.3. The van der Waals surface area contributed by atoms with Crippen molar-refractivity contribution in [3.8, 4) is 0 Å². The first-order valence-corrected chi connectivity index (χ1v) is 8.04. The molecular weight excluding hydrogens is 232 g/mol. The topological polar surface area (TPSA) is 20.2 Å². The van der Waals surface area contributed by atoms with Gasteiger partial charge in [0.05, 0.1) is 6.26 Å². The molecule has 0 rings (SSSR count). The SMILES string of the molecule is CCCCCCCCCCCCC=C/C=C/C=C\O. The highest BCUT2D eigenvalue weighted by atomic mass is 16.2. The van der Waals surface area contributed by atoms with Gasteiger partial charge in [-0.25, -0.2) is 0 Å². The minimum Gasteiger partial charge on any atom is -0.516 e. The number of hydrogen-bond acceptors (Lipinski definition) is 1. The largest absolute Gasteiger partial charge is 0.516 e. The Labute approximate surface area is 120 Å². The molecule has 1 N–H and O–H groups in total. The van der Waals surface area contributed by atoms with Crippen LogP contribution < -0.4 is 0 Å². The summed E-state index contributed by atoms with van der Waals surface area (Å²) in [7, 11) is 0. The maximum Gasteiger partial charge on any atom is 0.0791 e. The van der Waals surface area contributed by atoms with Gasteiger partial charge in [-0.1, -0.05) is 89.0 Å². The van der Waals surface area contributed by atoms with Crippen LogP contribution in [0, 0.1) is 0 Å². The number of allylic oxidation sites excluding steroid dienone is 5. The average Bonchev–Trinajstić information content (AvgIpc) is 2.43. The van der Waals surface area contributed by atoms with Crippen molar-refractivity contribution >= 4 is 0 Å². The van der Waals surface area contributed by atoms with Crippen molar-refractivity contribution in [1.82, 2.24) is 0 Å². The zero-order valence-electron chi connectivity index (χ0n) is 12.7. The Morgan fingerprint density at radius 1 is 0.632 bits per heavy atom.